The molecule has 0 spiro atoms. The van der Waals surface area contributed by atoms with Crippen molar-refractivity contribution in [3.05, 3.63) is 132 Å². The van der Waals surface area contributed by atoms with E-state index in [0.717, 1.165) is 34.1 Å². The number of para-hydroxylation sites is 3. The van der Waals surface area contributed by atoms with E-state index in [9.17, 15) is 4.79 Å². The molecule has 1 amide bonds. The fraction of sp³-hybridized carbons (Fsp3) is 0.0667. The van der Waals surface area contributed by atoms with Gasteiger partial charge in [0.2, 0.25) is 0 Å². The Bertz CT molecular complexity index is 1510. The first-order valence-corrected chi connectivity index (χ1v) is 11.6. The predicted molar refractivity (Wildman–Crippen MR) is 138 cm³/mol. The number of nitrogens with one attached hydrogen (secondary N) is 1. The largest absolute Gasteiger partial charge is 0.457 e. The van der Waals surface area contributed by atoms with E-state index in [1.165, 1.54) is 5.56 Å². The van der Waals surface area contributed by atoms with Gasteiger partial charge >= 0.3 is 0 Å². The van der Waals surface area contributed by atoms with E-state index in [-0.39, 0.29) is 5.91 Å². The highest BCUT2D eigenvalue weighted by Gasteiger charge is 2.32. The molecule has 0 saturated carbocycles. The Labute approximate surface area is 203 Å². The maximum atomic E-state index is 13.3. The molecule has 0 atom stereocenters. The van der Waals surface area contributed by atoms with Crippen LogP contribution in [0.15, 0.2) is 114 Å². The summed E-state index contributed by atoms with van der Waals surface area (Å²) in [5.74, 6) is 0.698. The number of aromatic nitrogens is 1. The molecule has 0 bridgehead atoms. The molecule has 1 N–H and O–H groups in total. The van der Waals surface area contributed by atoms with Crippen LogP contribution in [0.25, 0.3) is 10.9 Å². The summed E-state index contributed by atoms with van der Waals surface area (Å²) < 4.78 is 8.22. The molecule has 4 aromatic carbocycles. The smallest absolute Gasteiger partial charge is 0.252 e. The number of benzene rings is 4. The highest BCUT2D eigenvalue weighted by molar-refractivity contribution is 6.00. The molecule has 170 valence electrons. The molecule has 35 heavy (non-hydrogen) atoms. The van der Waals surface area contributed by atoms with Gasteiger partial charge in [0, 0.05) is 40.3 Å². The number of fused-ring (bicyclic) bond motifs is 3. The van der Waals surface area contributed by atoms with Gasteiger partial charge in [0.05, 0.1) is 12.1 Å². The number of rotatable bonds is 5. The number of hydrogen-bond donors (Lipinski definition) is 1. The van der Waals surface area contributed by atoms with Crippen LogP contribution in [0.1, 0.15) is 28.2 Å². The Morgan fingerprint density at radius 1 is 0.829 bits per heavy atom. The molecule has 5 heteroatoms. The summed E-state index contributed by atoms with van der Waals surface area (Å²) in [5, 5.41) is 5.44. The highest BCUT2D eigenvalue weighted by Crippen LogP contribution is 2.43. The molecule has 0 unspecified atom stereocenters. The molecule has 5 aromatic rings. The number of amides is 1. The molecule has 1 aromatic heterocycles. The molecule has 6 rings (SSSR count). The Kier molecular flexibility index (Phi) is 5.35. The number of carbonyl (C=O) groups is 1. The van der Waals surface area contributed by atoms with Crippen molar-refractivity contribution >= 4 is 23.0 Å². The minimum atomic E-state index is -0.493. The van der Waals surface area contributed by atoms with Crippen LogP contribution in [0, 0.1) is 0 Å². The van der Waals surface area contributed by atoms with Crippen LogP contribution in [0.2, 0.25) is 0 Å². The van der Waals surface area contributed by atoms with E-state index in [1.807, 2.05) is 78.9 Å². The molecule has 0 aliphatic carbocycles. The molecule has 1 aliphatic heterocycles. The third-order valence-corrected chi connectivity index (χ3v) is 6.34. The van der Waals surface area contributed by atoms with Crippen LogP contribution in [0.4, 0.5) is 0 Å². The zero-order chi connectivity index (χ0) is 23.6. The summed E-state index contributed by atoms with van der Waals surface area (Å²) >= 11 is 0. The molecular formula is C30H23N3O2. The van der Waals surface area contributed by atoms with Crippen molar-refractivity contribution in [2.75, 3.05) is 0 Å². The molecule has 0 radical (unpaired) electrons. The van der Waals surface area contributed by atoms with Gasteiger partial charge in [-0.1, -0.05) is 84.9 Å². The monoisotopic (exact) mass is 457 g/mol. The van der Waals surface area contributed by atoms with Crippen molar-refractivity contribution in [2.24, 2.45) is 5.10 Å². The molecule has 0 fully saturated rings. The third-order valence-electron chi connectivity index (χ3n) is 6.34. The van der Waals surface area contributed by atoms with Crippen LogP contribution in [0.3, 0.4) is 0 Å². The summed E-state index contributed by atoms with van der Waals surface area (Å²) in [6, 6.07) is 33.9. The lowest BCUT2D eigenvalue weighted by atomic mass is 9.87. The van der Waals surface area contributed by atoms with Crippen LogP contribution >= 0.6 is 0 Å². The van der Waals surface area contributed by atoms with E-state index >= 15 is 0 Å². The number of hydrazone groups is 1. The van der Waals surface area contributed by atoms with E-state index in [4.69, 9.17) is 4.74 Å². The van der Waals surface area contributed by atoms with Gasteiger partial charge in [-0.15, -0.1) is 0 Å². The summed E-state index contributed by atoms with van der Waals surface area (Å²) in [4.78, 5) is 13.3. The third kappa shape index (κ3) is 3.97. The van der Waals surface area contributed by atoms with Crippen molar-refractivity contribution in [2.45, 2.75) is 12.5 Å². The van der Waals surface area contributed by atoms with Crippen molar-refractivity contribution in [1.82, 2.24) is 9.99 Å². The number of nitrogens with zero attached hydrogens (tertiary/aromatic N) is 2. The highest BCUT2D eigenvalue weighted by atomic mass is 16.5. The number of hydrogen-bond acceptors (Lipinski definition) is 3. The van der Waals surface area contributed by atoms with Crippen LogP contribution < -0.4 is 10.2 Å². The van der Waals surface area contributed by atoms with Crippen LogP contribution in [0.5, 0.6) is 11.5 Å². The topological polar surface area (TPSA) is 55.6 Å². The second kappa shape index (κ2) is 8.95. The van der Waals surface area contributed by atoms with Crippen molar-refractivity contribution < 1.29 is 9.53 Å². The standard InChI is InChI=1S/C30H23N3O2/c34-30(29-24-13-5-8-16-27(24)35-28-17-9-6-14-25(28)29)32-31-18-22-20-33(19-21-10-2-1-3-11-21)26-15-7-4-12-23(22)26/h1-18,20,29H,19H2,(H,32,34). The van der Waals surface area contributed by atoms with Crippen molar-refractivity contribution in [1.29, 1.82) is 0 Å². The summed E-state index contributed by atoms with van der Waals surface area (Å²) in [6.07, 6.45) is 3.80. The van der Waals surface area contributed by atoms with Gasteiger partial charge in [-0.05, 0) is 23.8 Å². The second-order valence-corrected chi connectivity index (χ2v) is 8.56. The number of ether oxygens (including phenoxy) is 1. The molecule has 5 nitrogen and oxygen atoms in total. The first-order chi connectivity index (χ1) is 17.3. The predicted octanol–water partition coefficient (Wildman–Crippen LogP) is 6.08. The lowest BCUT2D eigenvalue weighted by Gasteiger charge is -2.26. The first kappa shape index (κ1) is 20.9. The zero-order valence-electron chi connectivity index (χ0n) is 19.0. The Hall–Kier alpha value is -4.64. The van der Waals surface area contributed by atoms with Crippen molar-refractivity contribution in [3.63, 3.8) is 0 Å². The Morgan fingerprint density at radius 3 is 2.20 bits per heavy atom. The van der Waals surface area contributed by atoms with E-state index < -0.39 is 5.92 Å². The lowest BCUT2D eigenvalue weighted by Crippen LogP contribution is -2.28. The maximum Gasteiger partial charge on any atom is 0.252 e. The van der Waals surface area contributed by atoms with Gasteiger partial charge in [-0.2, -0.15) is 5.10 Å². The lowest BCUT2D eigenvalue weighted by molar-refractivity contribution is -0.121. The maximum absolute atomic E-state index is 13.3. The van der Waals surface area contributed by atoms with E-state index in [0.29, 0.717) is 11.5 Å². The average molecular weight is 458 g/mol. The minimum absolute atomic E-state index is 0.197. The van der Waals surface area contributed by atoms with Crippen molar-refractivity contribution in [3.8, 4) is 11.5 Å². The van der Waals surface area contributed by atoms with Gasteiger partial charge in [0.1, 0.15) is 11.5 Å². The SMILES string of the molecule is O=C(NN=Cc1cn(Cc2ccccc2)c2ccccc12)C1c2ccccc2Oc2ccccc21. The summed E-state index contributed by atoms with van der Waals surface area (Å²) in [6.45, 7) is 0.761. The average Bonchev–Trinajstić information content (AvgIpc) is 3.25. The van der Waals surface area contributed by atoms with Gasteiger partial charge in [-0.25, -0.2) is 5.43 Å². The van der Waals surface area contributed by atoms with Gasteiger partial charge in [-0.3, -0.25) is 4.79 Å². The fourth-order valence-electron chi connectivity index (χ4n) is 4.71. The van der Waals surface area contributed by atoms with E-state index in [1.54, 1.807) is 6.21 Å². The molecule has 2 heterocycles. The van der Waals surface area contributed by atoms with Crippen LogP contribution in [-0.4, -0.2) is 16.7 Å². The minimum Gasteiger partial charge on any atom is -0.457 e. The van der Waals surface area contributed by atoms with Gasteiger partial charge in [0.15, 0.2) is 0 Å². The first-order valence-electron chi connectivity index (χ1n) is 11.6. The van der Waals surface area contributed by atoms with Crippen LogP contribution in [-0.2, 0) is 11.3 Å². The fourth-order valence-corrected chi connectivity index (χ4v) is 4.71. The quantitative estimate of drug-likeness (QED) is 0.257. The Balaban J connectivity index is 1.28. The number of carbonyl (C=O) groups excluding carboxylic acids is 1. The molecule has 1 aliphatic rings. The zero-order valence-corrected chi connectivity index (χ0v) is 19.0. The Morgan fingerprint density at radius 2 is 1.46 bits per heavy atom. The summed E-state index contributed by atoms with van der Waals surface area (Å²) in [5.41, 5.74) is 7.73. The normalized spacial score (nSPS) is 12.8. The van der Waals surface area contributed by atoms with Gasteiger partial charge in [0.25, 0.3) is 5.91 Å². The second-order valence-electron chi connectivity index (χ2n) is 8.56. The summed E-state index contributed by atoms with van der Waals surface area (Å²) in [7, 11) is 0. The molecular weight excluding hydrogens is 434 g/mol. The molecule has 0 saturated heterocycles. The van der Waals surface area contributed by atoms with E-state index in [2.05, 4.69) is 45.6 Å². The van der Waals surface area contributed by atoms with Gasteiger partial charge < -0.3 is 9.30 Å².